The first kappa shape index (κ1) is 26.0. The Bertz CT molecular complexity index is 1400. The maximum Gasteiger partial charge on any atom is 0.223 e. The molecule has 38 heavy (non-hydrogen) atoms. The SMILES string of the molecule is Cc1cc(C)c(SNc2ccc(Oc3ccncc3-c3ccnc(NC4CCCCC4)n3)c(F)c2)c(C)c1. The molecule has 0 bridgehead atoms. The van der Waals surface area contributed by atoms with E-state index in [9.17, 15) is 0 Å². The molecule has 2 aromatic carbocycles. The first-order valence-electron chi connectivity index (χ1n) is 13.0. The third-order valence-corrected chi connectivity index (χ3v) is 7.86. The number of halogens is 1. The second kappa shape index (κ2) is 11.8. The van der Waals surface area contributed by atoms with Gasteiger partial charge in [-0.05, 0) is 81.0 Å². The van der Waals surface area contributed by atoms with Crippen LogP contribution in [0, 0.1) is 26.6 Å². The number of pyridine rings is 1. The largest absolute Gasteiger partial charge is 0.453 e. The minimum absolute atomic E-state index is 0.130. The molecule has 1 aliphatic carbocycles. The fourth-order valence-electron chi connectivity index (χ4n) is 4.87. The molecular formula is C30H32FN5OS. The third-order valence-electron chi connectivity index (χ3n) is 6.68. The van der Waals surface area contributed by atoms with Crippen molar-refractivity contribution in [1.82, 2.24) is 15.0 Å². The van der Waals surface area contributed by atoms with Crippen molar-refractivity contribution < 1.29 is 9.13 Å². The molecule has 4 aromatic rings. The van der Waals surface area contributed by atoms with Gasteiger partial charge in [0.15, 0.2) is 11.6 Å². The molecule has 8 heteroatoms. The number of hydrogen-bond donors (Lipinski definition) is 2. The van der Waals surface area contributed by atoms with Crippen LogP contribution in [0.3, 0.4) is 0 Å². The maximum atomic E-state index is 15.1. The molecule has 0 radical (unpaired) electrons. The number of nitrogens with one attached hydrogen (secondary N) is 2. The van der Waals surface area contributed by atoms with E-state index < -0.39 is 5.82 Å². The van der Waals surface area contributed by atoms with E-state index in [0.717, 1.165) is 17.7 Å². The van der Waals surface area contributed by atoms with Crippen molar-refractivity contribution in [2.75, 3.05) is 10.0 Å². The highest BCUT2D eigenvalue weighted by molar-refractivity contribution is 8.00. The summed E-state index contributed by atoms with van der Waals surface area (Å²) in [7, 11) is 0. The van der Waals surface area contributed by atoms with Crippen molar-refractivity contribution in [3.05, 3.63) is 83.6 Å². The minimum Gasteiger partial charge on any atom is -0.453 e. The molecule has 0 spiro atoms. The molecule has 1 aliphatic rings. The molecule has 2 N–H and O–H groups in total. The molecule has 0 saturated heterocycles. The number of anilines is 2. The van der Waals surface area contributed by atoms with Crippen LogP contribution in [0.15, 0.2) is 66.0 Å². The zero-order valence-electron chi connectivity index (χ0n) is 21.9. The highest BCUT2D eigenvalue weighted by Gasteiger charge is 2.16. The summed E-state index contributed by atoms with van der Waals surface area (Å²) in [5.41, 5.74) is 5.60. The minimum atomic E-state index is -0.460. The van der Waals surface area contributed by atoms with Gasteiger partial charge in [0.05, 0.1) is 11.3 Å². The van der Waals surface area contributed by atoms with Crippen LogP contribution in [0.4, 0.5) is 16.0 Å². The van der Waals surface area contributed by atoms with Gasteiger partial charge >= 0.3 is 0 Å². The van der Waals surface area contributed by atoms with E-state index in [4.69, 9.17) is 9.72 Å². The number of aromatic nitrogens is 3. The third kappa shape index (κ3) is 6.25. The lowest BCUT2D eigenvalue weighted by Crippen LogP contribution is -2.23. The van der Waals surface area contributed by atoms with Crippen LogP contribution in [0.1, 0.15) is 48.8 Å². The monoisotopic (exact) mass is 529 g/mol. The summed E-state index contributed by atoms with van der Waals surface area (Å²) in [6.45, 7) is 6.25. The van der Waals surface area contributed by atoms with Crippen molar-refractivity contribution in [3.8, 4) is 22.8 Å². The second-order valence-electron chi connectivity index (χ2n) is 9.80. The normalized spacial score (nSPS) is 13.8. The Hall–Kier alpha value is -3.65. The Kier molecular flexibility index (Phi) is 8.08. The summed E-state index contributed by atoms with van der Waals surface area (Å²) in [6.07, 6.45) is 11.0. The van der Waals surface area contributed by atoms with Crippen molar-refractivity contribution in [2.24, 2.45) is 0 Å². The summed E-state index contributed by atoms with van der Waals surface area (Å²) in [4.78, 5) is 14.5. The van der Waals surface area contributed by atoms with Gasteiger partial charge in [-0.25, -0.2) is 14.4 Å². The van der Waals surface area contributed by atoms with Gasteiger partial charge in [-0.3, -0.25) is 4.98 Å². The van der Waals surface area contributed by atoms with Crippen LogP contribution >= 0.6 is 11.9 Å². The van der Waals surface area contributed by atoms with Crippen molar-refractivity contribution >= 4 is 23.6 Å². The predicted octanol–water partition coefficient (Wildman–Crippen LogP) is 8.26. The maximum absolute atomic E-state index is 15.1. The van der Waals surface area contributed by atoms with E-state index in [0.29, 0.717) is 34.7 Å². The van der Waals surface area contributed by atoms with Gasteiger partial charge < -0.3 is 14.8 Å². The average molecular weight is 530 g/mol. The summed E-state index contributed by atoms with van der Waals surface area (Å²) >= 11 is 1.48. The molecule has 0 unspecified atom stereocenters. The number of ether oxygens (including phenoxy) is 1. The van der Waals surface area contributed by atoms with Gasteiger partial charge in [0.1, 0.15) is 5.75 Å². The fraction of sp³-hybridized carbons (Fsp3) is 0.300. The Morgan fingerprint density at radius 2 is 1.71 bits per heavy atom. The topological polar surface area (TPSA) is 72.0 Å². The van der Waals surface area contributed by atoms with Gasteiger partial charge in [0, 0.05) is 41.3 Å². The lowest BCUT2D eigenvalue weighted by molar-refractivity contribution is 0.443. The van der Waals surface area contributed by atoms with E-state index >= 15 is 4.39 Å². The van der Waals surface area contributed by atoms with E-state index in [-0.39, 0.29) is 5.75 Å². The van der Waals surface area contributed by atoms with E-state index in [1.165, 1.54) is 54.0 Å². The zero-order chi connectivity index (χ0) is 26.5. The number of benzene rings is 2. The first-order valence-corrected chi connectivity index (χ1v) is 13.8. The van der Waals surface area contributed by atoms with Gasteiger partial charge in [0.25, 0.3) is 0 Å². The van der Waals surface area contributed by atoms with Gasteiger partial charge in [-0.15, -0.1) is 0 Å². The standard InChI is InChI=1S/C30H32FN5OS/c1-19-15-20(2)29(21(3)16-19)38-36-23-9-10-28(25(31)17-23)37-27-12-13-32-18-24(27)26-11-14-33-30(35-26)34-22-7-5-4-6-8-22/h9-18,22,36H,4-8H2,1-3H3,(H,33,34,35). The van der Waals surface area contributed by atoms with E-state index in [2.05, 4.69) is 52.9 Å². The predicted molar refractivity (Wildman–Crippen MR) is 152 cm³/mol. The fourth-order valence-corrected chi connectivity index (χ4v) is 5.66. The van der Waals surface area contributed by atoms with Crippen LogP contribution in [0.2, 0.25) is 0 Å². The number of rotatable bonds is 8. The molecule has 0 amide bonds. The van der Waals surface area contributed by atoms with E-state index in [1.807, 2.05) is 12.1 Å². The Balaban J connectivity index is 1.31. The van der Waals surface area contributed by atoms with E-state index in [1.54, 1.807) is 30.7 Å². The van der Waals surface area contributed by atoms with Crippen LogP contribution < -0.4 is 14.8 Å². The van der Waals surface area contributed by atoms with Gasteiger partial charge in [-0.1, -0.05) is 37.0 Å². The molecule has 1 fully saturated rings. The molecule has 196 valence electrons. The van der Waals surface area contributed by atoms with Crippen LogP contribution in [-0.4, -0.2) is 21.0 Å². The molecule has 0 atom stereocenters. The molecule has 2 aromatic heterocycles. The molecule has 1 saturated carbocycles. The summed E-state index contributed by atoms with van der Waals surface area (Å²) in [5, 5.41) is 3.46. The molecule has 0 aliphatic heterocycles. The molecule has 2 heterocycles. The Morgan fingerprint density at radius 3 is 2.47 bits per heavy atom. The van der Waals surface area contributed by atoms with Crippen molar-refractivity contribution in [3.63, 3.8) is 0 Å². The summed E-state index contributed by atoms with van der Waals surface area (Å²) in [5.74, 6) is 0.730. The highest BCUT2D eigenvalue weighted by atomic mass is 32.2. The van der Waals surface area contributed by atoms with Crippen molar-refractivity contribution in [2.45, 2.75) is 63.8 Å². The lowest BCUT2D eigenvalue weighted by atomic mass is 9.96. The number of nitrogens with zero attached hydrogens (tertiary/aromatic N) is 3. The van der Waals surface area contributed by atoms with Crippen LogP contribution in [-0.2, 0) is 0 Å². The van der Waals surface area contributed by atoms with Gasteiger partial charge in [-0.2, -0.15) is 0 Å². The lowest BCUT2D eigenvalue weighted by Gasteiger charge is -2.22. The zero-order valence-corrected chi connectivity index (χ0v) is 22.7. The van der Waals surface area contributed by atoms with Gasteiger partial charge in [0.2, 0.25) is 5.95 Å². The summed E-state index contributed by atoms with van der Waals surface area (Å²) in [6, 6.07) is 13.1. The number of aryl methyl sites for hydroxylation is 3. The number of hydrogen-bond acceptors (Lipinski definition) is 7. The average Bonchev–Trinajstić information content (AvgIpc) is 2.90. The summed E-state index contributed by atoms with van der Waals surface area (Å²) < 4.78 is 24.4. The quantitative estimate of drug-likeness (QED) is 0.223. The highest BCUT2D eigenvalue weighted by Crippen LogP contribution is 2.35. The van der Waals surface area contributed by atoms with Crippen LogP contribution in [0.25, 0.3) is 11.3 Å². The first-order chi connectivity index (χ1) is 18.5. The smallest absolute Gasteiger partial charge is 0.223 e. The molecule has 5 rings (SSSR count). The van der Waals surface area contributed by atoms with Crippen molar-refractivity contribution in [1.29, 1.82) is 0 Å². The molecular weight excluding hydrogens is 497 g/mol. The second-order valence-corrected chi connectivity index (χ2v) is 10.6. The Morgan fingerprint density at radius 1 is 0.921 bits per heavy atom. The van der Waals surface area contributed by atoms with Crippen LogP contribution in [0.5, 0.6) is 11.5 Å². The Labute approximate surface area is 227 Å². The molecule has 6 nitrogen and oxygen atoms in total.